The number of carbonyl (C=O) groups excluding carboxylic acids is 2. The van der Waals surface area contributed by atoms with Gasteiger partial charge in [-0.05, 0) is 73.8 Å². The first-order valence-electron chi connectivity index (χ1n) is 13.1. The predicted octanol–water partition coefficient (Wildman–Crippen LogP) is 5.02. The van der Waals surface area contributed by atoms with Crippen molar-refractivity contribution in [3.8, 4) is 11.5 Å². The second kappa shape index (κ2) is 11.2. The zero-order chi connectivity index (χ0) is 24.4. The monoisotopic (exact) mass is 511 g/mol. The number of piperidine rings is 1. The van der Waals surface area contributed by atoms with Crippen molar-refractivity contribution in [2.75, 3.05) is 19.6 Å². The Balaban J connectivity index is 0.00000304. The number of rotatable bonds is 8. The first-order valence-corrected chi connectivity index (χ1v) is 13.1. The van der Waals surface area contributed by atoms with Crippen LogP contribution in [0.25, 0.3) is 0 Å². The number of ether oxygens (including phenoxy) is 1. The van der Waals surface area contributed by atoms with Crippen LogP contribution in [-0.4, -0.2) is 52.8 Å². The fraction of sp³-hybridized carbons (Fsp3) is 0.517. The summed E-state index contributed by atoms with van der Waals surface area (Å²) in [5.74, 6) is 2.77. The van der Waals surface area contributed by atoms with E-state index in [2.05, 4.69) is 36.2 Å². The molecule has 2 aromatic carbocycles. The lowest BCUT2D eigenvalue weighted by molar-refractivity contribution is -0.162. The third-order valence-corrected chi connectivity index (χ3v) is 7.65. The van der Waals surface area contributed by atoms with E-state index < -0.39 is 5.54 Å². The molecule has 2 saturated heterocycles. The SMILES string of the molecule is CC(C)CC1NC(=O)C2(CCN(Cc3ccc(Oc4ccccc4)cc3)CC2)N(CC2CC2)C1=O.Cl. The van der Waals surface area contributed by atoms with Crippen LogP contribution in [0.2, 0.25) is 0 Å². The van der Waals surface area contributed by atoms with Crippen LogP contribution in [0.4, 0.5) is 0 Å². The molecule has 1 spiro atoms. The minimum atomic E-state index is -0.683. The molecule has 1 N–H and O–H groups in total. The van der Waals surface area contributed by atoms with Gasteiger partial charge in [0.15, 0.2) is 0 Å². The minimum Gasteiger partial charge on any atom is -0.457 e. The van der Waals surface area contributed by atoms with Gasteiger partial charge in [-0.15, -0.1) is 12.4 Å². The Morgan fingerprint density at radius 1 is 0.972 bits per heavy atom. The second-order valence-electron chi connectivity index (χ2n) is 10.9. The predicted molar refractivity (Wildman–Crippen MR) is 143 cm³/mol. The number of halogens is 1. The smallest absolute Gasteiger partial charge is 0.246 e. The molecule has 2 aliphatic heterocycles. The Kier molecular flexibility index (Phi) is 8.26. The normalized spacial score (nSPS) is 21.9. The van der Waals surface area contributed by atoms with Crippen molar-refractivity contribution in [1.29, 1.82) is 0 Å². The summed E-state index contributed by atoms with van der Waals surface area (Å²) in [6.45, 7) is 7.39. The molecule has 2 amide bonds. The molecule has 194 valence electrons. The lowest BCUT2D eigenvalue weighted by Gasteiger charge is -2.52. The van der Waals surface area contributed by atoms with Gasteiger partial charge in [0.1, 0.15) is 23.1 Å². The number of piperazine rings is 1. The number of hydrogen-bond acceptors (Lipinski definition) is 4. The van der Waals surface area contributed by atoms with E-state index in [9.17, 15) is 9.59 Å². The minimum absolute atomic E-state index is 0. The van der Waals surface area contributed by atoms with Crippen molar-refractivity contribution in [1.82, 2.24) is 15.1 Å². The summed E-state index contributed by atoms with van der Waals surface area (Å²) in [7, 11) is 0. The van der Waals surface area contributed by atoms with E-state index in [4.69, 9.17) is 4.74 Å². The number of carbonyl (C=O) groups is 2. The van der Waals surface area contributed by atoms with E-state index in [-0.39, 0.29) is 30.3 Å². The standard InChI is InChI=1S/C29H37N3O3.ClH/c1-21(2)18-26-27(33)32(20-23-8-9-23)29(28(34)30-26)14-16-31(17-15-29)19-22-10-12-25(13-11-22)35-24-6-4-3-5-7-24;/h3-7,10-13,21,23,26H,8-9,14-20H2,1-2H3,(H,30,34);1H. The number of nitrogens with zero attached hydrogens (tertiary/aromatic N) is 2. The highest BCUT2D eigenvalue weighted by Crippen LogP contribution is 2.39. The Bertz CT molecular complexity index is 1030. The zero-order valence-corrected chi connectivity index (χ0v) is 22.1. The van der Waals surface area contributed by atoms with Crippen LogP contribution < -0.4 is 10.1 Å². The number of nitrogens with one attached hydrogen (secondary N) is 1. The Morgan fingerprint density at radius 3 is 2.22 bits per heavy atom. The maximum absolute atomic E-state index is 13.5. The Morgan fingerprint density at radius 2 is 1.61 bits per heavy atom. The molecule has 1 aliphatic carbocycles. The highest BCUT2D eigenvalue weighted by atomic mass is 35.5. The van der Waals surface area contributed by atoms with Crippen LogP contribution >= 0.6 is 12.4 Å². The van der Waals surface area contributed by atoms with Crippen LogP contribution in [0.5, 0.6) is 11.5 Å². The summed E-state index contributed by atoms with van der Waals surface area (Å²) in [4.78, 5) is 31.3. The van der Waals surface area contributed by atoms with Crippen molar-refractivity contribution in [3.05, 3.63) is 60.2 Å². The fourth-order valence-electron chi connectivity index (χ4n) is 5.45. The number of benzene rings is 2. The molecule has 5 rings (SSSR count). The van der Waals surface area contributed by atoms with Gasteiger partial charge < -0.3 is 15.0 Å². The summed E-state index contributed by atoms with van der Waals surface area (Å²) in [5, 5.41) is 3.11. The van der Waals surface area contributed by atoms with E-state index >= 15 is 0 Å². The van der Waals surface area contributed by atoms with E-state index in [0.717, 1.165) is 37.7 Å². The Hall–Kier alpha value is -2.57. The number of hydrogen-bond donors (Lipinski definition) is 1. The summed E-state index contributed by atoms with van der Waals surface area (Å²) in [5.41, 5.74) is 0.536. The topological polar surface area (TPSA) is 61.9 Å². The molecule has 7 heteroatoms. The third-order valence-electron chi connectivity index (χ3n) is 7.65. The molecule has 1 atom stereocenters. The van der Waals surface area contributed by atoms with Crippen LogP contribution in [-0.2, 0) is 16.1 Å². The van der Waals surface area contributed by atoms with Gasteiger partial charge in [0.25, 0.3) is 0 Å². The van der Waals surface area contributed by atoms with Crippen molar-refractivity contribution in [2.45, 2.75) is 64.1 Å². The van der Waals surface area contributed by atoms with Crippen molar-refractivity contribution in [2.24, 2.45) is 11.8 Å². The molecule has 6 nitrogen and oxygen atoms in total. The van der Waals surface area contributed by atoms with E-state index in [0.29, 0.717) is 31.1 Å². The van der Waals surface area contributed by atoms with Crippen LogP contribution in [0, 0.1) is 11.8 Å². The average Bonchev–Trinajstić information content (AvgIpc) is 3.67. The molecular formula is C29H38ClN3O3. The highest BCUT2D eigenvalue weighted by molar-refractivity contribution is 6.00. The first kappa shape index (κ1) is 26.5. The molecule has 0 bridgehead atoms. The number of amides is 2. The van der Waals surface area contributed by atoms with Crippen LogP contribution in [0.3, 0.4) is 0 Å². The highest BCUT2D eigenvalue weighted by Gasteiger charge is 2.54. The Labute approximate surface area is 220 Å². The molecule has 3 fully saturated rings. The lowest BCUT2D eigenvalue weighted by atomic mass is 9.80. The molecule has 0 radical (unpaired) electrons. The van der Waals surface area contributed by atoms with Crippen LogP contribution in [0.1, 0.15) is 51.5 Å². The van der Waals surface area contributed by atoms with Gasteiger partial charge in [-0.1, -0.05) is 44.2 Å². The largest absolute Gasteiger partial charge is 0.457 e. The van der Waals surface area contributed by atoms with Crippen molar-refractivity contribution < 1.29 is 14.3 Å². The fourth-order valence-corrected chi connectivity index (χ4v) is 5.45. The van der Waals surface area contributed by atoms with Crippen molar-refractivity contribution in [3.63, 3.8) is 0 Å². The van der Waals surface area contributed by atoms with Gasteiger partial charge in [0.05, 0.1) is 0 Å². The summed E-state index contributed by atoms with van der Waals surface area (Å²) >= 11 is 0. The second-order valence-corrected chi connectivity index (χ2v) is 10.9. The van der Waals surface area contributed by atoms with E-state index in [1.54, 1.807) is 0 Å². The molecule has 2 aromatic rings. The summed E-state index contributed by atoms with van der Waals surface area (Å²) in [6.07, 6.45) is 4.44. The molecule has 1 saturated carbocycles. The molecule has 2 heterocycles. The lowest BCUT2D eigenvalue weighted by Crippen LogP contribution is -2.73. The maximum atomic E-state index is 13.5. The van der Waals surface area contributed by atoms with Crippen LogP contribution in [0.15, 0.2) is 54.6 Å². The van der Waals surface area contributed by atoms with Gasteiger partial charge in [-0.2, -0.15) is 0 Å². The molecule has 36 heavy (non-hydrogen) atoms. The summed E-state index contributed by atoms with van der Waals surface area (Å²) < 4.78 is 5.91. The van der Waals surface area contributed by atoms with Gasteiger partial charge in [-0.25, -0.2) is 0 Å². The third kappa shape index (κ3) is 5.87. The molecule has 1 unspecified atom stereocenters. The van der Waals surface area contributed by atoms with Gasteiger partial charge in [0.2, 0.25) is 11.8 Å². The van der Waals surface area contributed by atoms with Gasteiger partial charge in [0, 0.05) is 26.2 Å². The maximum Gasteiger partial charge on any atom is 0.246 e. The first-order chi connectivity index (χ1) is 16.9. The van der Waals surface area contributed by atoms with Gasteiger partial charge >= 0.3 is 0 Å². The summed E-state index contributed by atoms with van der Waals surface area (Å²) in [6, 6.07) is 17.6. The zero-order valence-electron chi connectivity index (χ0n) is 21.3. The molecular weight excluding hydrogens is 474 g/mol. The number of likely N-dealkylation sites (tertiary alicyclic amines) is 1. The quantitative estimate of drug-likeness (QED) is 0.540. The number of para-hydroxylation sites is 1. The van der Waals surface area contributed by atoms with Crippen molar-refractivity contribution >= 4 is 24.2 Å². The molecule has 3 aliphatic rings. The average molecular weight is 512 g/mol. The van der Waals surface area contributed by atoms with Gasteiger partial charge in [-0.3, -0.25) is 14.5 Å². The van der Waals surface area contributed by atoms with E-state index in [1.807, 2.05) is 47.4 Å². The molecule has 0 aromatic heterocycles. The van der Waals surface area contributed by atoms with E-state index in [1.165, 1.54) is 18.4 Å².